The molecular weight excluding hydrogens is 389 g/mol. The molecule has 1 heterocycles. The van der Waals surface area contributed by atoms with E-state index < -0.39 is 5.25 Å². The summed E-state index contributed by atoms with van der Waals surface area (Å²) in [5.41, 5.74) is 2.65. The van der Waals surface area contributed by atoms with Gasteiger partial charge in [0, 0.05) is 22.3 Å². The van der Waals surface area contributed by atoms with Crippen LogP contribution in [0.3, 0.4) is 0 Å². The zero-order valence-corrected chi connectivity index (χ0v) is 19.1. The number of ketones is 2. The first-order valence-electron chi connectivity index (χ1n) is 8.47. The first-order chi connectivity index (χ1) is 12.8. The Balaban J connectivity index is 0.00000210. The molecule has 2 amide bonds. The summed E-state index contributed by atoms with van der Waals surface area (Å²) in [4.78, 5) is 47.4. The van der Waals surface area contributed by atoms with Crippen molar-refractivity contribution < 1.29 is 54.9 Å². The number of ether oxygens (including phenoxy) is 1. The molecule has 2 aliphatic rings. The summed E-state index contributed by atoms with van der Waals surface area (Å²) in [7, 11) is 0. The van der Waals surface area contributed by atoms with Gasteiger partial charge in [-0.25, -0.2) is 0 Å². The molecule has 0 radical (unpaired) electrons. The van der Waals surface area contributed by atoms with Crippen LogP contribution in [-0.4, -0.2) is 34.6 Å². The fourth-order valence-electron chi connectivity index (χ4n) is 2.95. The Morgan fingerprint density at radius 1 is 0.964 bits per heavy atom. The maximum absolute atomic E-state index is 12.4. The van der Waals surface area contributed by atoms with Crippen molar-refractivity contribution in [1.82, 2.24) is 5.32 Å². The monoisotopic (exact) mass is 409 g/mol. The summed E-state index contributed by atoms with van der Waals surface area (Å²) in [6, 6.07) is 7.12. The molecule has 1 aliphatic carbocycles. The van der Waals surface area contributed by atoms with Gasteiger partial charge < -0.3 is 6.16 Å². The van der Waals surface area contributed by atoms with Crippen LogP contribution in [0.1, 0.15) is 27.8 Å². The van der Waals surface area contributed by atoms with E-state index in [1.54, 1.807) is 32.9 Å². The van der Waals surface area contributed by atoms with Crippen LogP contribution < -0.4 is 39.6 Å². The van der Waals surface area contributed by atoms with Crippen molar-refractivity contribution in [2.75, 3.05) is 6.61 Å². The molecule has 0 spiro atoms. The molecule has 0 aromatic heterocycles. The van der Waals surface area contributed by atoms with Crippen molar-refractivity contribution in [3.8, 4) is 5.75 Å². The molecule has 142 valence electrons. The third-order valence-corrected chi connectivity index (χ3v) is 5.79. The molecule has 28 heavy (non-hydrogen) atoms. The van der Waals surface area contributed by atoms with E-state index in [1.165, 1.54) is 0 Å². The van der Waals surface area contributed by atoms with Crippen LogP contribution in [0.15, 0.2) is 46.6 Å². The van der Waals surface area contributed by atoms with Crippen molar-refractivity contribution in [3.05, 3.63) is 52.1 Å². The predicted molar refractivity (Wildman–Crippen MR) is 103 cm³/mol. The number of nitrogens with one attached hydrogen (secondary N) is 1. The maximum Gasteiger partial charge on any atom is 1.00 e. The normalized spacial score (nSPS) is 19.8. The zero-order valence-electron chi connectivity index (χ0n) is 17.3. The van der Waals surface area contributed by atoms with Crippen molar-refractivity contribution in [2.24, 2.45) is 0 Å². The molecule has 1 aliphatic heterocycles. The Bertz CT molecular complexity index is 923. The first-order valence-corrected chi connectivity index (χ1v) is 9.35. The first kappa shape index (κ1) is 22.6. The van der Waals surface area contributed by atoms with Crippen molar-refractivity contribution in [2.45, 2.75) is 32.4 Å². The molecule has 1 fully saturated rings. The molecule has 1 saturated heterocycles. The molecule has 3 rings (SSSR count). The van der Waals surface area contributed by atoms with Crippen molar-refractivity contribution >= 4 is 34.5 Å². The Hall–Kier alpha value is -1.67. The number of allylic oxidation sites excluding steroid dienone is 3. The standard InChI is InChI=1S/C20H19NO5S.Na.H/c1-10-11(2)18(23)15(12(3)17(10)22)9-26-14-6-4-13(5-7-14)8-16-19(24)21-20(25)27-16;;/h4-7,16H,8-9H2,1-3H3,(H,21,24,25);;/q;+1;-1. The molecule has 6 nitrogen and oxygen atoms in total. The second-order valence-electron chi connectivity index (χ2n) is 6.53. The SMILES string of the molecule is CC1=C(C)C(=O)C(COc2ccc(CC3SC(=O)NC3=O)cc2)=C(C)C1=O.[H-].[Na+]. The Labute approximate surface area is 190 Å². The van der Waals surface area contributed by atoms with Crippen LogP contribution in [0.5, 0.6) is 5.75 Å². The smallest absolute Gasteiger partial charge is 1.00 e. The summed E-state index contributed by atoms with van der Waals surface area (Å²) in [5, 5.41) is 1.53. The number of thioether (sulfide) groups is 1. The molecule has 1 aromatic rings. The van der Waals surface area contributed by atoms with Crippen molar-refractivity contribution in [1.29, 1.82) is 0 Å². The topological polar surface area (TPSA) is 89.5 Å². The van der Waals surface area contributed by atoms with Crippen LogP contribution in [0.25, 0.3) is 0 Å². The summed E-state index contributed by atoms with van der Waals surface area (Å²) < 4.78 is 5.69. The average molecular weight is 409 g/mol. The fourth-order valence-corrected chi connectivity index (χ4v) is 3.81. The molecule has 0 saturated carbocycles. The van der Waals surface area contributed by atoms with Gasteiger partial charge in [-0.3, -0.25) is 24.5 Å². The van der Waals surface area contributed by atoms with Gasteiger partial charge in [-0.1, -0.05) is 23.9 Å². The van der Waals surface area contributed by atoms with Gasteiger partial charge in [-0.15, -0.1) is 0 Å². The molecule has 1 unspecified atom stereocenters. The van der Waals surface area contributed by atoms with Gasteiger partial charge >= 0.3 is 29.6 Å². The van der Waals surface area contributed by atoms with Gasteiger partial charge in [-0.05, 0) is 44.9 Å². The van der Waals surface area contributed by atoms with Crippen LogP contribution in [0.2, 0.25) is 0 Å². The van der Waals surface area contributed by atoms with Crippen molar-refractivity contribution in [3.63, 3.8) is 0 Å². The number of hydrogen-bond donors (Lipinski definition) is 1. The average Bonchev–Trinajstić information content (AvgIpc) is 2.96. The van der Waals surface area contributed by atoms with Gasteiger partial charge in [0.15, 0.2) is 11.6 Å². The van der Waals surface area contributed by atoms with E-state index in [4.69, 9.17) is 4.74 Å². The fraction of sp³-hybridized carbons (Fsp3) is 0.300. The Morgan fingerprint density at radius 3 is 2.14 bits per heavy atom. The van der Waals surface area contributed by atoms with E-state index in [0.717, 1.165) is 17.3 Å². The number of carbonyl (C=O) groups excluding carboxylic acids is 4. The second kappa shape index (κ2) is 9.22. The van der Waals surface area contributed by atoms with E-state index in [2.05, 4.69) is 5.32 Å². The maximum atomic E-state index is 12.4. The summed E-state index contributed by atoms with van der Waals surface area (Å²) in [6.07, 6.45) is 0.447. The molecule has 1 atom stereocenters. The summed E-state index contributed by atoms with van der Waals surface area (Å²) in [5.74, 6) is 0.00728. The summed E-state index contributed by atoms with van der Waals surface area (Å²) in [6.45, 7) is 4.98. The second-order valence-corrected chi connectivity index (χ2v) is 7.71. The zero-order chi connectivity index (χ0) is 19.7. The van der Waals surface area contributed by atoms with E-state index in [0.29, 0.717) is 34.5 Å². The minimum Gasteiger partial charge on any atom is -1.00 e. The van der Waals surface area contributed by atoms with Gasteiger partial charge in [0.2, 0.25) is 5.91 Å². The van der Waals surface area contributed by atoms with E-state index in [9.17, 15) is 19.2 Å². The molecule has 1 N–H and O–H groups in total. The molecule has 8 heteroatoms. The number of rotatable bonds is 5. The Kier molecular flexibility index (Phi) is 7.45. The van der Waals surface area contributed by atoms with E-state index >= 15 is 0 Å². The van der Waals surface area contributed by atoms with Crippen LogP contribution in [0.4, 0.5) is 4.79 Å². The van der Waals surface area contributed by atoms with Crippen LogP contribution in [0, 0.1) is 0 Å². The number of amides is 2. The minimum absolute atomic E-state index is 0. The van der Waals surface area contributed by atoms with Gasteiger partial charge in [0.1, 0.15) is 12.4 Å². The van der Waals surface area contributed by atoms with E-state index in [1.807, 2.05) is 12.1 Å². The van der Waals surface area contributed by atoms with Gasteiger partial charge in [-0.2, -0.15) is 0 Å². The quantitative estimate of drug-likeness (QED) is 0.539. The number of hydrogen-bond acceptors (Lipinski definition) is 6. The van der Waals surface area contributed by atoms with Crippen LogP contribution >= 0.6 is 11.8 Å². The third-order valence-electron chi connectivity index (χ3n) is 4.81. The van der Waals surface area contributed by atoms with E-state index in [-0.39, 0.29) is 60.3 Å². The Morgan fingerprint density at radius 2 is 1.57 bits per heavy atom. The number of benzene rings is 1. The molecular formula is C20H20NNaO5S. The number of imide groups is 1. The van der Waals surface area contributed by atoms with Gasteiger partial charge in [0.05, 0.1) is 5.25 Å². The number of Topliss-reactive ketones (excluding diaryl/α,β-unsaturated/α-hetero) is 2. The third kappa shape index (κ3) is 4.66. The molecule has 0 bridgehead atoms. The van der Waals surface area contributed by atoms with Crippen LogP contribution in [-0.2, 0) is 20.8 Å². The minimum atomic E-state index is -0.416. The predicted octanol–water partition coefficient (Wildman–Crippen LogP) is -0.119. The number of carbonyl (C=O) groups is 4. The van der Waals surface area contributed by atoms with Gasteiger partial charge in [0.25, 0.3) is 5.24 Å². The summed E-state index contributed by atoms with van der Waals surface area (Å²) >= 11 is 0.992. The molecule has 1 aromatic carbocycles. The largest absolute Gasteiger partial charge is 1.00 e.